The summed E-state index contributed by atoms with van der Waals surface area (Å²) in [5.41, 5.74) is 1.35. The number of fused-ring (bicyclic) bond motifs is 1. The molecule has 45 heavy (non-hydrogen) atoms. The molecule has 3 aromatic rings. The molecular formula is C34H42N4O7. The van der Waals surface area contributed by atoms with E-state index in [1.165, 1.54) is 0 Å². The monoisotopic (exact) mass is 618 g/mol. The number of hydrogen-bond donors (Lipinski definition) is 2. The Morgan fingerprint density at radius 3 is 2.36 bits per heavy atom. The van der Waals surface area contributed by atoms with Gasteiger partial charge in [-0.05, 0) is 64.2 Å². The number of aromatic nitrogens is 1. The van der Waals surface area contributed by atoms with E-state index in [0.717, 1.165) is 11.8 Å². The highest BCUT2D eigenvalue weighted by molar-refractivity contribution is 5.99. The zero-order valence-electron chi connectivity index (χ0n) is 26.1. The molecule has 11 nitrogen and oxygen atoms in total. The van der Waals surface area contributed by atoms with Crippen molar-refractivity contribution in [3.63, 3.8) is 0 Å². The number of oxazole rings is 1. The molecule has 2 atom stereocenters. The minimum atomic E-state index is -0.580. The molecule has 3 amide bonds. The summed E-state index contributed by atoms with van der Waals surface area (Å²) in [6.07, 6.45) is 2.11. The summed E-state index contributed by atoms with van der Waals surface area (Å²) in [5, 5.41) is 5.69. The van der Waals surface area contributed by atoms with Crippen molar-refractivity contribution in [1.29, 1.82) is 0 Å². The predicted molar refractivity (Wildman–Crippen MR) is 167 cm³/mol. The Morgan fingerprint density at radius 1 is 1.00 bits per heavy atom. The first-order chi connectivity index (χ1) is 21.5. The number of ether oxygens (including phenoxy) is 1. The Morgan fingerprint density at radius 2 is 1.69 bits per heavy atom. The summed E-state index contributed by atoms with van der Waals surface area (Å²) >= 11 is 0. The lowest BCUT2D eigenvalue weighted by Crippen LogP contribution is -2.45. The van der Waals surface area contributed by atoms with Crippen molar-refractivity contribution in [2.45, 2.75) is 64.4 Å². The fraction of sp³-hybridized carbons (Fsp3) is 0.471. The average molecular weight is 619 g/mol. The smallest absolute Gasteiger partial charge is 0.410 e. The van der Waals surface area contributed by atoms with E-state index in [0.29, 0.717) is 43.5 Å². The minimum absolute atomic E-state index is 0.0286. The van der Waals surface area contributed by atoms with Crippen LogP contribution in [0, 0.1) is 11.8 Å². The number of piperidine rings is 1. The first-order valence-corrected chi connectivity index (χ1v) is 15.5. The predicted octanol–water partition coefficient (Wildman–Crippen LogP) is 4.66. The van der Waals surface area contributed by atoms with Crippen LogP contribution in [0.15, 0.2) is 59.0 Å². The Bertz CT molecular complexity index is 1440. The van der Waals surface area contributed by atoms with E-state index >= 15 is 0 Å². The molecule has 2 unspecified atom stereocenters. The molecule has 2 aromatic carbocycles. The Hall–Kier alpha value is -4.54. The Balaban J connectivity index is 1.20. The summed E-state index contributed by atoms with van der Waals surface area (Å²) in [7, 11) is 0. The lowest BCUT2D eigenvalue weighted by molar-refractivity contribution is -0.126. The summed E-state index contributed by atoms with van der Waals surface area (Å²) in [5.74, 6) is -1.98. The van der Waals surface area contributed by atoms with E-state index in [4.69, 9.17) is 9.15 Å². The second-order valence-electron chi connectivity index (χ2n) is 12.4. The number of carbonyl (C=O) groups is 5. The first-order valence-electron chi connectivity index (χ1n) is 15.5. The topological polar surface area (TPSA) is 148 Å². The summed E-state index contributed by atoms with van der Waals surface area (Å²) in [6.45, 7) is 6.66. The number of nitrogens with zero attached hydrogens (tertiary/aromatic N) is 2. The third-order valence-electron chi connectivity index (χ3n) is 7.77. The van der Waals surface area contributed by atoms with Gasteiger partial charge in [0.25, 0.3) is 5.89 Å². The molecule has 1 aliphatic rings. The third-order valence-corrected chi connectivity index (χ3v) is 7.77. The van der Waals surface area contributed by atoms with E-state index < -0.39 is 17.4 Å². The van der Waals surface area contributed by atoms with Gasteiger partial charge in [0.2, 0.25) is 17.6 Å². The molecule has 0 spiro atoms. The van der Waals surface area contributed by atoms with Crippen molar-refractivity contribution in [3.05, 3.63) is 66.1 Å². The molecule has 4 rings (SSSR count). The number of benzene rings is 2. The van der Waals surface area contributed by atoms with Crippen LogP contribution in [0.2, 0.25) is 0 Å². The highest BCUT2D eigenvalue weighted by atomic mass is 16.6. The van der Waals surface area contributed by atoms with Crippen molar-refractivity contribution in [1.82, 2.24) is 20.5 Å². The van der Waals surface area contributed by atoms with Gasteiger partial charge in [0.15, 0.2) is 5.58 Å². The second-order valence-corrected chi connectivity index (χ2v) is 12.4. The van der Waals surface area contributed by atoms with Crippen LogP contribution < -0.4 is 10.6 Å². The summed E-state index contributed by atoms with van der Waals surface area (Å²) in [6, 6.07) is 16.5. The Kier molecular flexibility index (Phi) is 11.5. The van der Waals surface area contributed by atoms with Gasteiger partial charge in [-0.3, -0.25) is 14.4 Å². The number of rotatable bonds is 13. The molecule has 0 aliphatic carbocycles. The maximum Gasteiger partial charge on any atom is 0.410 e. The fourth-order valence-corrected chi connectivity index (χ4v) is 5.27. The molecule has 240 valence electrons. The molecule has 1 saturated heterocycles. The molecule has 0 bridgehead atoms. The van der Waals surface area contributed by atoms with Crippen LogP contribution >= 0.6 is 0 Å². The van der Waals surface area contributed by atoms with Crippen LogP contribution in [0.25, 0.3) is 11.1 Å². The fourth-order valence-electron chi connectivity index (χ4n) is 5.27. The van der Waals surface area contributed by atoms with Crippen molar-refractivity contribution >= 4 is 41.1 Å². The Labute approximate surface area is 263 Å². The molecule has 0 saturated carbocycles. The van der Waals surface area contributed by atoms with E-state index in [1.807, 2.05) is 63.2 Å². The number of aldehydes is 1. The quantitative estimate of drug-likeness (QED) is 0.208. The van der Waals surface area contributed by atoms with Crippen LogP contribution in [0.5, 0.6) is 0 Å². The van der Waals surface area contributed by atoms with Crippen LogP contribution in [-0.4, -0.2) is 71.6 Å². The zero-order valence-corrected chi connectivity index (χ0v) is 26.1. The van der Waals surface area contributed by atoms with Crippen molar-refractivity contribution in [2.24, 2.45) is 11.8 Å². The summed E-state index contributed by atoms with van der Waals surface area (Å²) < 4.78 is 11.1. The largest absolute Gasteiger partial charge is 0.444 e. The van der Waals surface area contributed by atoms with Crippen molar-refractivity contribution < 1.29 is 33.1 Å². The number of ketones is 1. The van der Waals surface area contributed by atoms with Crippen LogP contribution in [0.4, 0.5) is 4.79 Å². The van der Waals surface area contributed by atoms with E-state index in [2.05, 4.69) is 15.6 Å². The lowest BCUT2D eigenvalue weighted by Gasteiger charge is -2.33. The van der Waals surface area contributed by atoms with Gasteiger partial charge in [0, 0.05) is 44.4 Å². The van der Waals surface area contributed by atoms with E-state index in [1.54, 1.807) is 17.0 Å². The summed E-state index contributed by atoms with van der Waals surface area (Å²) in [4.78, 5) is 68.7. The normalized spacial score (nSPS) is 15.2. The minimum Gasteiger partial charge on any atom is -0.444 e. The maximum absolute atomic E-state index is 13.4. The number of para-hydroxylation sites is 2. The van der Waals surface area contributed by atoms with Crippen molar-refractivity contribution in [3.8, 4) is 0 Å². The van der Waals surface area contributed by atoms with Crippen LogP contribution in [0.3, 0.4) is 0 Å². The van der Waals surface area contributed by atoms with E-state index in [9.17, 15) is 24.0 Å². The van der Waals surface area contributed by atoms with Crippen LogP contribution in [-0.2, 0) is 19.1 Å². The standard InChI is InChI=1S/C34H42N4O7/c1-34(2,3)45-33(43)38-19-16-25(17-20-38)31(42)36-21-23(22-39)13-14-29(40)35-18-15-26(24-9-5-4-6-10-24)30(41)32-37-27-11-7-8-12-28(27)44-32/h4-12,22-23,25-26H,13-21H2,1-3H3,(H,35,40)(H,36,42). The molecule has 11 heteroatoms. The number of carbonyl (C=O) groups excluding carboxylic acids is 5. The van der Waals surface area contributed by atoms with Gasteiger partial charge in [0.1, 0.15) is 17.4 Å². The lowest BCUT2D eigenvalue weighted by atomic mass is 9.91. The molecule has 0 radical (unpaired) electrons. The van der Waals surface area contributed by atoms with E-state index in [-0.39, 0.29) is 61.4 Å². The number of hydrogen-bond acceptors (Lipinski definition) is 8. The van der Waals surface area contributed by atoms with Crippen LogP contribution in [0.1, 0.15) is 75.0 Å². The van der Waals surface area contributed by atoms with Gasteiger partial charge < -0.3 is 29.5 Å². The van der Waals surface area contributed by atoms with Gasteiger partial charge in [-0.2, -0.15) is 0 Å². The van der Waals surface area contributed by atoms with Gasteiger partial charge >= 0.3 is 6.09 Å². The molecule has 1 aliphatic heterocycles. The molecule has 1 fully saturated rings. The van der Waals surface area contributed by atoms with Gasteiger partial charge in [-0.1, -0.05) is 42.5 Å². The van der Waals surface area contributed by atoms with Gasteiger partial charge in [0.05, 0.1) is 5.92 Å². The van der Waals surface area contributed by atoms with Crippen molar-refractivity contribution in [2.75, 3.05) is 26.2 Å². The number of likely N-dealkylation sites (tertiary alicyclic amines) is 1. The first kappa shape index (κ1) is 33.4. The highest BCUT2D eigenvalue weighted by Crippen LogP contribution is 2.26. The number of Topliss-reactive ketones (excluding diaryl/α,β-unsaturated/α-hetero) is 1. The zero-order chi connectivity index (χ0) is 32.4. The molecule has 2 heterocycles. The average Bonchev–Trinajstić information content (AvgIpc) is 3.47. The number of amides is 3. The second kappa shape index (κ2) is 15.5. The third kappa shape index (κ3) is 9.72. The number of nitrogens with one attached hydrogen (secondary N) is 2. The molecule has 2 N–H and O–H groups in total. The highest BCUT2D eigenvalue weighted by Gasteiger charge is 2.30. The van der Waals surface area contributed by atoms with Gasteiger partial charge in [-0.15, -0.1) is 0 Å². The van der Waals surface area contributed by atoms with Gasteiger partial charge in [-0.25, -0.2) is 9.78 Å². The molecular weight excluding hydrogens is 576 g/mol. The maximum atomic E-state index is 13.4. The molecule has 1 aromatic heterocycles. The SMILES string of the molecule is CC(C)(C)OC(=O)N1CCC(C(=O)NCC(C=O)CCC(=O)NCCC(C(=O)c2nc3ccccc3o2)c2ccccc2)CC1.